The molecular formula is C30H41ClN4O2. The monoisotopic (exact) mass is 524 g/mol. The summed E-state index contributed by atoms with van der Waals surface area (Å²) in [5.41, 5.74) is 2.07. The van der Waals surface area contributed by atoms with Gasteiger partial charge >= 0.3 is 0 Å². The Bertz CT molecular complexity index is 1100. The molecule has 3 heterocycles. The highest BCUT2D eigenvalue weighted by Gasteiger charge is 2.18. The fraction of sp³-hybridized carbons (Fsp3) is 0.567. The maximum atomic E-state index is 6.29. The first-order chi connectivity index (χ1) is 18.3. The second-order valence-corrected chi connectivity index (χ2v) is 11.0. The number of aryl methyl sites for hydroxylation is 1. The maximum absolute atomic E-state index is 6.29. The maximum Gasteiger partial charge on any atom is 0.148 e. The summed E-state index contributed by atoms with van der Waals surface area (Å²) in [6.45, 7) is 6.70. The Kier molecular flexibility index (Phi) is 9.60. The van der Waals surface area contributed by atoms with E-state index < -0.39 is 0 Å². The molecule has 2 fully saturated rings. The number of aromatic nitrogens is 2. The molecule has 6 nitrogen and oxygen atoms in total. The molecule has 7 heteroatoms. The molecule has 0 aliphatic carbocycles. The van der Waals surface area contributed by atoms with Crippen LogP contribution in [0.3, 0.4) is 0 Å². The number of para-hydroxylation sites is 1. The number of hydrogen-bond acceptors (Lipinski definition) is 5. The zero-order valence-corrected chi connectivity index (χ0v) is 22.6. The van der Waals surface area contributed by atoms with Crippen molar-refractivity contribution < 1.29 is 9.47 Å². The van der Waals surface area contributed by atoms with Gasteiger partial charge in [0.1, 0.15) is 29.4 Å². The van der Waals surface area contributed by atoms with Crippen LogP contribution in [-0.2, 0) is 13.2 Å². The van der Waals surface area contributed by atoms with Gasteiger partial charge in [-0.05, 0) is 126 Å². The van der Waals surface area contributed by atoms with Crippen molar-refractivity contribution in [3.8, 4) is 11.5 Å². The van der Waals surface area contributed by atoms with E-state index in [0.717, 1.165) is 85.8 Å². The molecule has 2 aliphatic heterocycles. The summed E-state index contributed by atoms with van der Waals surface area (Å²) in [7, 11) is 0. The van der Waals surface area contributed by atoms with Gasteiger partial charge in [0.25, 0.3) is 0 Å². The van der Waals surface area contributed by atoms with Crippen LogP contribution in [0.5, 0.6) is 11.5 Å². The lowest BCUT2D eigenvalue weighted by atomic mass is 9.95. The van der Waals surface area contributed by atoms with E-state index in [1.165, 1.54) is 45.1 Å². The first kappa shape index (κ1) is 26.3. The van der Waals surface area contributed by atoms with Crippen LogP contribution in [0, 0.1) is 11.8 Å². The highest BCUT2D eigenvalue weighted by atomic mass is 35.5. The third-order valence-corrected chi connectivity index (χ3v) is 8.06. The molecule has 2 unspecified atom stereocenters. The van der Waals surface area contributed by atoms with E-state index in [9.17, 15) is 0 Å². The van der Waals surface area contributed by atoms with Crippen molar-refractivity contribution in [1.29, 1.82) is 0 Å². The van der Waals surface area contributed by atoms with E-state index in [1.807, 2.05) is 24.3 Å². The van der Waals surface area contributed by atoms with Crippen LogP contribution < -0.4 is 20.1 Å². The van der Waals surface area contributed by atoms with Crippen molar-refractivity contribution >= 4 is 22.6 Å². The zero-order valence-electron chi connectivity index (χ0n) is 21.9. The van der Waals surface area contributed by atoms with Gasteiger partial charge in [0.15, 0.2) is 0 Å². The van der Waals surface area contributed by atoms with Crippen molar-refractivity contribution in [3.63, 3.8) is 0 Å². The second-order valence-electron chi connectivity index (χ2n) is 10.6. The first-order valence-electron chi connectivity index (χ1n) is 14.2. The van der Waals surface area contributed by atoms with E-state index in [2.05, 4.69) is 33.4 Å². The van der Waals surface area contributed by atoms with Gasteiger partial charge in [-0.1, -0.05) is 17.7 Å². The molecule has 2 aliphatic rings. The largest absolute Gasteiger partial charge is 0.491 e. The Morgan fingerprint density at radius 2 is 1.62 bits per heavy atom. The molecule has 2 N–H and O–H groups in total. The van der Waals surface area contributed by atoms with Gasteiger partial charge < -0.3 is 24.7 Å². The van der Waals surface area contributed by atoms with Crippen LogP contribution in [0.25, 0.3) is 11.0 Å². The summed E-state index contributed by atoms with van der Waals surface area (Å²) >= 11 is 6.05. The van der Waals surface area contributed by atoms with E-state index in [0.29, 0.717) is 11.6 Å². The summed E-state index contributed by atoms with van der Waals surface area (Å²) in [5.74, 6) is 4.17. The predicted molar refractivity (Wildman–Crippen MR) is 151 cm³/mol. The summed E-state index contributed by atoms with van der Waals surface area (Å²) in [4.78, 5) is 5.04. The number of rotatable bonds is 12. The molecule has 2 aromatic carbocycles. The van der Waals surface area contributed by atoms with Crippen molar-refractivity contribution in [3.05, 3.63) is 53.3 Å². The predicted octanol–water partition coefficient (Wildman–Crippen LogP) is 6.21. The molecule has 0 bridgehead atoms. The molecule has 3 aromatic rings. The van der Waals surface area contributed by atoms with Crippen LogP contribution >= 0.6 is 11.6 Å². The fourth-order valence-corrected chi connectivity index (χ4v) is 5.88. The first-order valence-corrected chi connectivity index (χ1v) is 14.5. The highest BCUT2D eigenvalue weighted by Crippen LogP contribution is 2.29. The van der Waals surface area contributed by atoms with Crippen LogP contribution in [0.15, 0.2) is 42.5 Å². The minimum Gasteiger partial charge on any atom is -0.491 e. The smallest absolute Gasteiger partial charge is 0.148 e. The van der Waals surface area contributed by atoms with Crippen LogP contribution in [0.1, 0.15) is 57.2 Å². The van der Waals surface area contributed by atoms with Crippen molar-refractivity contribution in [1.82, 2.24) is 20.2 Å². The van der Waals surface area contributed by atoms with Gasteiger partial charge in [-0.3, -0.25) is 0 Å². The molecule has 2 atom stereocenters. The lowest BCUT2D eigenvalue weighted by molar-refractivity contribution is 0.277. The lowest BCUT2D eigenvalue weighted by Crippen LogP contribution is -2.29. The number of ether oxygens (including phenoxy) is 2. The van der Waals surface area contributed by atoms with Gasteiger partial charge in [-0.2, -0.15) is 0 Å². The van der Waals surface area contributed by atoms with Gasteiger partial charge in [-0.25, -0.2) is 4.98 Å². The van der Waals surface area contributed by atoms with E-state index in [1.54, 1.807) is 0 Å². The Morgan fingerprint density at radius 3 is 2.32 bits per heavy atom. The minimum absolute atomic E-state index is 0.412. The van der Waals surface area contributed by atoms with Crippen molar-refractivity contribution in [2.75, 3.05) is 32.8 Å². The number of piperidine rings is 2. The number of hydrogen-bond donors (Lipinski definition) is 2. The average Bonchev–Trinajstić information content (AvgIpc) is 3.30. The summed E-state index contributed by atoms with van der Waals surface area (Å²) in [6.07, 6.45) is 9.90. The fourth-order valence-electron chi connectivity index (χ4n) is 5.76. The number of halogens is 1. The van der Waals surface area contributed by atoms with Crippen molar-refractivity contribution in [2.45, 2.75) is 64.5 Å². The molecular weight excluding hydrogens is 484 g/mol. The second kappa shape index (κ2) is 13.5. The Morgan fingerprint density at radius 1 is 0.892 bits per heavy atom. The van der Waals surface area contributed by atoms with E-state index in [-0.39, 0.29) is 0 Å². The molecule has 5 rings (SSSR count). The Balaban J connectivity index is 1.27. The molecule has 0 spiro atoms. The van der Waals surface area contributed by atoms with Crippen LogP contribution in [-0.4, -0.2) is 42.3 Å². The standard InChI is InChI=1S/C30H41ClN4O2/c31-25-12-14-26(15-13-25)37-22-29-34-30-27(35(29)18-4-8-23-6-2-16-32-20-23)10-1-11-28(30)36-19-5-9-24-7-3-17-33-21-24/h1,10-15,23-24,32-33H,2-9,16-22H2. The normalized spacial score (nSPS) is 20.2. The lowest BCUT2D eigenvalue weighted by Gasteiger charge is -2.22. The van der Waals surface area contributed by atoms with Gasteiger partial charge in [0.05, 0.1) is 12.1 Å². The quantitative estimate of drug-likeness (QED) is 0.276. The highest BCUT2D eigenvalue weighted by molar-refractivity contribution is 6.30. The topological polar surface area (TPSA) is 60.3 Å². The van der Waals surface area contributed by atoms with Crippen LogP contribution in [0.2, 0.25) is 5.02 Å². The zero-order chi connectivity index (χ0) is 25.3. The third-order valence-electron chi connectivity index (χ3n) is 7.81. The number of imidazole rings is 1. The van der Waals surface area contributed by atoms with E-state index >= 15 is 0 Å². The summed E-state index contributed by atoms with van der Waals surface area (Å²) in [5, 5.41) is 7.77. The number of benzene rings is 2. The van der Waals surface area contributed by atoms with E-state index in [4.69, 9.17) is 26.1 Å². The number of nitrogens with zero attached hydrogens (tertiary/aromatic N) is 2. The molecule has 0 radical (unpaired) electrons. The number of nitrogens with one attached hydrogen (secondary N) is 2. The molecule has 37 heavy (non-hydrogen) atoms. The molecule has 0 saturated carbocycles. The Labute approximate surface area is 226 Å². The number of fused-ring (bicyclic) bond motifs is 1. The molecule has 200 valence electrons. The molecule has 2 saturated heterocycles. The molecule has 0 amide bonds. The third kappa shape index (κ3) is 7.40. The molecule has 1 aromatic heterocycles. The van der Waals surface area contributed by atoms with Gasteiger partial charge in [0, 0.05) is 11.6 Å². The van der Waals surface area contributed by atoms with Crippen LogP contribution in [0.4, 0.5) is 0 Å². The van der Waals surface area contributed by atoms with Gasteiger partial charge in [0.2, 0.25) is 0 Å². The minimum atomic E-state index is 0.412. The Hall–Kier alpha value is -2.28. The van der Waals surface area contributed by atoms with Gasteiger partial charge in [-0.15, -0.1) is 0 Å². The summed E-state index contributed by atoms with van der Waals surface area (Å²) < 4.78 is 14.8. The summed E-state index contributed by atoms with van der Waals surface area (Å²) in [6, 6.07) is 13.8. The average molecular weight is 525 g/mol. The van der Waals surface area contributed by atoms with Crippen molar-refractivity contribution in [2.24, 2.45) is 11.8 Å². The SMILES string of the molecule is Clc1ccc(OCc2nc3c(OCCCC4CCCNC4)cccc3n2CCCC2CCCNC2)cc1.